The summed E-state index contributed by atoms with van der Waals surface area (Å²) in [5.41, 5.74) is 0.637. The van der Waals surface area contributed by atoms with Crippen molar-refractivity contribution in [2.24, 2.45) is 0 Å². The van der Waals surface area contributed by atoms with Crippen LogP contribution in [0.25, 0.3) is 0 Å². The minimum Gasteiger partial charge on any atom is -0.454 e. The van der Waals surface area contributed by atoms with E-state index < -0.39 is 0 Å². The molecule has 3 heteroatoms. The number of esters is 1. The van der Waals surface area contributed by atoms with Gasteiger partial charge in [0.05, 0.1) is 5.56 Å². The molecule has 0 aliphatic heterocycles. The number of hydrogen-bond acceptors (Lipinski definition) is 2. The molecule has 1 aromatic rings. The molecule has 2 nitrogen and oxygen atoms in total. The molecule has 1 atom stereocenters. The van der Waals surface area contributed by atoms with Crippen LogP contribution in [0.4, 0.5) is 0 Å². The van der Waals surface area contributed by atoms with Crippen LogP contribution in [0.1, 0.15) is 29.6 Å². The second-order valence-electron chi connectivity index (χ2n) is 4.14. The van der Waals surface area contributed by atoms with E-state index in [2.05, 4.69) is 40.8 Å². The molecule has 1 aliphatic rings. The van der Waals surface area contributed by atoms with Gasteiger partial charge in [-0.2, -0.15) is 0 Å². The highest BCUT2D eigenvalue weighted by Gasteiger charge is 2.15. The quantitative estimate of drug-likeness (QED) is 0.454. The van der Waals surface area contributed by atoms with Crippen LogP contribution >= 0.6 is 22.6 Å². The number of halogens is 1. The third kappa shape index (κ3) is 3.70. The molecule has 94 valence electrons. The number of ether oxygens (including phenoxy) is 1. The van der Waals surface area contributed by atoms with Gasteiger partial charge < -0.3 is 4.74 Å². The molecule has 1 aromatic carbocycles. The highest BCUT2D eigenvalue weighted by Crippen LogP contribution is 2.16. The van der Waals surface area contributed by atoms with Gasteiger partial charge in [-0.25, -0.2) is 4.79 Å². The zero-order valence-electron chi connectivity index (χ0n) is 10.0. The Morgan fingerprint density at radius 3 is 2.78 bits per heavy atom. The fraction of sp³-hybridized carbons (Fsp3) is 0.267. The van der Waals surface area contributed by atoms with Crippen molar-refractivity contribution in [2.75, 3.05) is 0 Å². The van der Waals surface area contributed by atoms with Crippen molar-refractivity contribution >= 4 is 28.6 Å². The Bertz CT molecular complexity index is 477. The largest absolute Gasteiger partial charge is 0.454 e. The van der Waals surface area contributed by atoms with Crippen molar-refractivity contribution in [2.45, 2.75) is 25.4 Å². The van der Waals surface area contributed by atoms with Crippen LogP contribution in [-0.2, 0) is 4.74 Å². The van der Waals surface area contributed by atoms with E-state index in [1.165, 1.54) is 0 Å². The van der Waals surface area contributed by atoms with Gasteiger partial charge in [0.25, 0.3) is 0 Å². The average molecular weight is 354 g/mol. The molecule has 0 saturated heterocycles. The molecule has 0 radical (unpaired) electrons. The maximum absolute atomic E-state index is 12.0. The molecule has 0 aromatic heterocycles. The van der Waals surface area contributed by atoms with Crippen LogP contribution in [0.15, 0.2) is 48.6 Å². The van der Waals surface area contributed by atoms with Crippen LogP contribution in [-0.4, -0.2) is 12.1 Å². The number of allylic oxidation sites excluding steroid dienone is 2. The Labute approximate surface area is 121 Å². The van der Waals surface area contributed by atoms with Crippen molar-refractivity contribution < 1.29 is 9.53 Å². The molecule has 1 aliphatic carbocycles. The van der Waals surface area contributed by atoms with E-state index in [1.54, 1.807) is 6.07 Å². The second-order valence-corrected chi connectivity index (χ2v) is 5.30. The van der Waals surface area contributed by atoms with Crippen molar-refractivity contribution in [1.29, 1.82) is 0 Å². The van der Waals surface area contributed by atoms with E-state index in [-0.39, 0.29) is 12.1 Å². The van der Waals surface area contributed by atoms with Gasteiger partial charge in [0.15, 0.2) is 0 Å². The second kappa shape index (κ2) is 6.73. The average Bonchev–Trinajstić information content (AvgIpc) is 2.33. The lowest BCUT2D eigenvalue weighted by Gasteiger charge is -2.14. The monoisotopic (exact) mass is 354 g/mol. The lowest BCUT2D eigenvalue weighted by atomic mass is 10.1. The topological polar surface area (TPSA) is 26.3 Å². The van der Waals surface area contributed by atoms with Crippen LogP contribution in [0.5, 0.6) is 0 Å². The first-order valence-electron chi connectivity index (χ1n) is 6.04. The Hall–Kier alpha value is -1.10. The predicted octanol–water partition coefficient (Wildman–Crippen LogP) is 4.11. The van der Waals surface area contributed by atoms with Crippen molar-refractivity contribution in [3.63, 3.8) is 0 Å². The molecule has 18 heavy (non-hydrogen) atoms. The summed E-state index contributed by atoms with van der Waals surface area (Å²) < 4.78 is 6.43. The number of hydrogen-bond donors (Lipinski definition) is 0. The molecule has 0 saturated carbocycles. The number of carbonyl (C=O) groups is 1. The van der Waals surface area contributed by atoms with Gasteiger partial charge >= 0.3 is 5.97 Å². The van der Waals surface area contributed by atoms with Gasteiger partial charge in [0, 0.05) is 9.99 Å². The molecular formula is C15H15IO2. The summed E-state index contributed by atoms with van der Waals surface area (Å²) in [7, 11) is 0. The zero-order chi connectivity index (χ0) is 12.8. The summed E-state index contributed by atoms with van der Waals surface area (Å²) >= 11 is 2.15. The Kier molecular flexibility index (Phi) is 4.99. The highest BCUT2D eigenvalue weighted by atomic mass is 127. The molecule has 0 bridgehead atoms. The maximum atomic E-state index is 12.0. The van der Waals surface area contributed by atoms with Gasteiger partial charge in [-0.05, 0) is 53.6 Å². The van der Waals surface area contributed by atoms with E-state index in [4.69, 9.17) is 4.74 Å². The molecule has 0 amide bonds. The lowest BCUT2D eigenvalue weighted by molar-refractivity contribution is 0.0397. The van der Waals surface area contributed by atoms with E-state index in [0.29, 0.717) is 5.56 Å². The summed E-state index contributed by atoms with van der Waals surface area (Å²) in [6.45, 7) is 0. The molecular weight excluding hydrogens is 339 g/mol. The molecule has 2 rings (SSSR count). The lowest BCUT2D eigenvalue weighted by Crippen LogP contribution is -2.16. The fourth-order valence-electron chi connectivity index (χ4n) is 1.78. The van der Waals surface area contributed by atoms with Gasteiger partial charge in [0.1, 0.15) is 6.10 Å². The maximum Gasteiger partial charge on any atom is 0.339 e. The van der Waals surface area contributed by atoms with Crippen LogP contribution in [0.3, 0.4) is 0 Å². The molecule has 1 unspecified atom stereocenters. The van der Waals surface area contributed by atoms with Crippen molar-refractivity contribution in [1.82, 2.24) is 0 Å². The Morgan fingerprint density at radius 1 is 1.17 bits per heavy atom. The standard InChI is InChI=1S/C15H15IO2/c16-14-11-7-6-10-13(14)15(17)18-12-8-4-2-1-3-5-9-12/h2,4-7,9-12H,1,3,8H2/b4-2-,9-5-. The predicted molar refractivity (Wildman–Crippen MR) is 80.5 cm³/mol. The first-order chi connectivity index (χ1) is 8.77. The first-order valence-corrected chi connectivity index (χ1v) is 7.12. The minimum absolute atomic E-state index is 0.148. The van der Waals surface area contributed by atoms with E-state index in [9.17, 15) is 4.79 Å². The third-order valence-corrected chi connectivity index (χ3v) is 3.68. The summed E-state index contributed by atoms with van der Waals surface area (Å²) in [6, 6.07) is 7.47. The smallest absolute Gasteiger partial charge is 0.339 e. The summed E-state index contributed by atoms with van der Waals surface area (Å²) in [5, 5.41) is 0. The van der Waals surface area contributed by atoms with E-state index >= 15 is 0 Å². The summed E-state index contributed by atoms with van der Waals surface area (Å²) in [5.74, 6) is -0.247. The molecule has 0 spiro atoms. The molecule has 0 heterocycles. The van der Waals surface area contributed by atoms with Crippen molar-refractivity contribution in [3.8, 4) is 0 Å². The van der Waals surface area contributed by atoms with Gasteiger partial charge in [0.2, 0.25) is 0 Å². The Morgan fingerprint density at radius 2 is 1.94 bits per heavy atom. The van der Waals surface area contributed by atoms with Crippen molar-refractivity contribution in [3.05, 3.63) is 57.7 Å². The van der Waals surface area contributed by atoms with Crippen LogP contribution in [0, 0.1) is 3.57 Å². The normalized spacial score (nSPS) is 22.6. The highest BCUT2D eigenvalue weighted by molar-refractivity contribution is 14.1. The molecule has 0 N–H and O–H groups in total. The number of rotatable bonds is 2. The van der Waals surface area contributed by atoms with E-state index in [1.807, 2.05) is 24.3 Å². The van der Waals surface area contributed by atoms with Gasteiger partial charge in [-0.1, -0.05) is 30.4 Å². The summed E-state index contributed by atoms with van der Waals surface area (Å²) in [4.78, 5) is 12.0. The van der Waals surface area contributed by atoms with Gasteiger partial charge in [-0.3, -0.25) is 0 Å². The SMILES string of the molecule is O=C(OC1/C=C\CC/C=C\C1)c1ccccc1I. The summed E-state index contributed by atoms with van der Waals surface area (Å²) in [6.07, 6.45) is 11.0. The third-order valence-electron chi connectivity index (χ3n) is 2.74. The van der Waals surface area contributed by atoms with Crippen LogP contribution in [0.2, 0.25) is 0 Å². The zero-order valence-corrected chi connectivity index (χ0v) is 12.2. The number of carbonyl (C=O) groups excluding carboxylic acids is 1. The van der Waals surface area contributed by atoms with E-state index in [0.717, 1.165) is 22.8 Å². The Balaban J connectivity index is 2.04. The fourth-order valence-corrected chi connectivity index (χ4v) is 2.39. The first kappa shape index (κ1) is 13.3. The number of benzene rings is 1. The minimum atomic E-state index is -0.247. The van der Waals surface area contributed by atoms with Gasteiger partial charge in [-0.15, -0.1) is 0 Å². The molecule has 0 fully saturated rings. The van der Waals surface area contributed by atoms with Crippen LogP contribution < -0.4 is 0 Å².